The number of aryl methyl sites for hydroxylation is 1. The van der Waals surface area contributed by atoms with Gasteiger partial charge in [0.1, 0.15) is 0 Å². The lowest BCUT2D eigenvalue weighted by molar-refractivity contribution is 0.0342. The van der Waals surface area contributed by atoms with E-state index in [1.807, 2.05) is 36.4 Å². The summed E-state index contributed by atoms with van der Waals surface area (Å²) >= 11 is 0. The third kappa shape index (κ3) is 5.90. The highest BCUT2D eigenvalue weighted by molar-refractivity contribution is 6.15. The zero-order valence-corrected chi connectivity index (χ0v) is 16.7. The van der Waals surface area contributed by atoms with E-state index in [-0.39, 0.29) is 12.3 Å². The fraction of sp³-hybridized carbons (Fsp3) is 0.348. The van der Waals surface area contributed by atoms with Gasteiger partial charge in [-0.05, 0) is 41.7 Å². The SMILES string of the molecule is N=C(/C(N)=C/c1cccc(CN2CCOCC2)c1)c1ccc(CCCO)cc1N. The van der Waals surface area contributed by atoms with Gasteiger partial charge in [-0.15, -0.1) is 0 Å². The standard InChI is InChI=1S/C23H30N4O2/c24-21-14-17(5-2-10-28)6-7-20(21)23(26)22(25)15-18-3-1-4-19(13-18)16-27-8-11-29-12-9-27/h1,3-4,6-7,13-15,26,28H,2,5,8-12,16,24-25H2/b22-15-,26-23?. The van der Waals surface area contributed by atoms with Crippen LogP contribution in [-0.2, 0) is 17.7 Å². The summed E-state index contributed by atoms with van der Waals surface area (Å²) in [6.45, 7) is 4.48. The maximum atomic E-state index is 8.97. The topological polar surface area (TPSA) is 109 Å². The number of morpholine rings is 1. The molecule has 0 aliphatic carbocycles. The van der Waals surface area contributed by atoms with Crippen LogP contribution in [0.1, 0.15) is 28.7 Å². The molecule has 154 valence electrons. The van der Waals surface area contributed by atoms with Crippen LogP contribution in [0.5, 0.6) is 0 Å². The number of hydrogen-bond acceptors (Lipinski definition) is 6. The number of aliphatic hydroxyl groups excluding tert-OH is 1. The molecule has 0 saturated carbocycles. The van der Waals surface area contributed by atoms with Gasteiger partial charge in [-0.1, -0.05) is 36.4 Å². The number of nitrogens with zero attached hydrogens (tertiary/aromatic N) is 1. The molecule has 6 nitrogen and oxygen atoms in total. The van der Waals surface area contributed by atoms with Crippen molar-refractivity contribution in [2.24, 2.45) is 5.73 Å². The number of aliphatic hydroxyl groups is 1. The van der Waals surface area contributed by atoms with E-state index >= 15 is 0 Å². The van der Waals surface area contributed by atoms with Gasteiger partial charge in [0.15, 0.2) is 0 Å². The Hall–Kier alpha value is -2.67. The molecule has 29 heavy (non-hydrogen) atoms. The van der Waals surface area contributed by atoms with Gasteiger partial charge >= 0.3 is 0 Å². The van der Waals surface area contributed by atoms with E-state index in [1.54, 1.807) is 0 Å². The molecule has 3 rings (SSSR count). The van der Waals surface area contributed by atoms with Gasteiger partial charge in [-0.25, -0.2) is 0 Å². The fourth-order valence-corrected chi connectivity index (χ4v) is 3.48. The second-order valence-electron chi connectivity index (χ2n) is 7.36. The maximum Gasteiger partial charge on any atom is 0.0862 e. The Morgan fingerprint density at radius 3 is 2.66 bits per heavy atom. The number of nitrogen functional groups attached to an aromatic ring is 1. The van der Waals surface area contributed by atoms with E-state index in [2.05, 4.69) is 17.0 Å². The molecule has 2 aromatic carbocycles. The highest BCUT2D eigenvalue weighted by Crippen LogP contribution is 2.19. The number of nitrogens with two attached hydrogens (primary N) is 2. The number of ether oxygens (including phenoxy) is 1. The predicted octanol–water partition coefficient (Wildman–Crippen LogP) is 2.39. The summed E-state index contributed by atoms with van der Waals surface area (Å²) in [7, 11) is 0. The van der Waals surface area contributed by atoms with Crippen LogP contribution < -0.4 is 11.5 Å². The molecule has 0 unspecified atom stereocenters. The van der Waals surface area contributed by atoms with Crippen LogP contribution in [0.4, 0.5) is 5.69 Å². The minimum atomic E-state index is 0.151. The van der Waals surface area contributed by atoms with Crippen molar-refractivity contribution < 1.29 is 9.84 Å². The molecule has 0 atom stereocenters. The first-order valence-corrected chi connectivity index (χ1v) is 10.0. The average Bonchev–Trinajstić information content (AvgIpc) is 2.73. The number of rotatable bonds is 8. The molecule has 0 spiro atoms. The van der Waals surface area contributed by atoms with E-state index in [0.29, 0.717) is 23.4 Å². The average molecular weight is 395 g/mol. The highest BCUT2D eigenvalue weighted by Gasteiger charge is 2.12. The van der Waals surface area contributed by atoms with Crippen molar-refractivity contribution in [1.82, 2.24) is 4.90 Å². The van der Waals surface area contributed by atoms with Gasteiger partial charge in [0.2, 0.25) is 0 Å². The summed E-state index contributed by atoms with van der Waals surface area (Å²) in [5.41, 5.74) is 17.4. The minimum Gasteiger partial charge on any atom is -0.398 e. The lowest BCUT2D eigenvalue weighted by Crippen LogP contribution is -2.35. The quantitative estimate of drug-likeness (QED) is 0.406. The Kier molecular flexibility index (Phi) is 7.41. The molecule has 1 aliphatic rings. The van der Waals surface area contributed by atoms with Crippen LogP contribution in [-0.4, -0.2) is 48.6 Å². The van der Waals surface area contributed by atoms with Crippen molar-refractivity contribution in [2.75, 3.05) is 38.6 Å². The normalized spacial score (nSPS) is 15.4. The first kappa shape index (κ1) is 21.0. The second kappa shape index (κ2) is 10.2. The molecule has 0 amide bonds. The van der Waals surface area contributed by atoms with Crippen molar-refractivity contribution in [3.05, 3.63) is 70.4 Å². The third-order valence-corrected chi connectivity index (χ3v) is 5.08. The van der Waals surface area contributed by atoms with Gasteiger partial charge in [0.25, 0.3) is 0 Å². The van der Waals surface area contributed by atoms with E-state index in [9.17, 15) is 0 Å². The number of benzene rings is 2. The van der Waals surface area contributed by atoms with Gasteiger partial charge < -0.3 is 21.3 Å². The van der Waals surface area contributed by atoms with Crippen LogP contribution in [0.15, 0.2) is 48.2 Å². The van der Waals surface area contributed by atoms with Crippen LogP contribution in [0, 0.1) is 5.41 Å². The zero-order valence-electron chi connectivity index (χ0n) is 16.7. The Bertz CT molecular complexity index is 873. The summed E-state index contributed by atoms with van der Waals surface area (Å²) in [5.74, 6) is 0. The van der Waals surface area contributed by atoms with Crippen LogP contribution in [0.2, 0.25) is 0 Å². The number of hydrogen-bond donors (Lipinski definition) is 4. The van der Waals surface area contributed by atoms with E-state index in [1.165, 1.54) is 5.56 Å². The molecule has 6 N–H and O–H groups in total. The first-order valence-electron chi connectivity index (χ1n) is 10.0. The molecule has 0 aromatic heterocycles. The van der Waals surface area contributed by atoms with Crippen LogP contribution in [0.25, 0.3) is 6.08 Å². The summed E-state index contributed by atoms with van der Waals surface area (Å²) in [6, 6.07) is 13.9. The second-order valence-corrected chi connectivity index (χ2v) is 7.36. The minimum absolute atomic E-state index is 0.151. The molecule has 2 aromatic rings. The number of allylic oxidation sites excluding steroid dienone is 1. The maximum absolute atomic E-state index is 8.97. The molecule has 1 saturated heterocycles. The largest absolute Gasteiger partial charge is 0.398 e. The van der Waals surface area contributed by atoms with Gasteiger partial charge in [0, 0.05) is 37.5 Å². The Balaban J connectivity index is 1.71. The monoisotopic (exact) mass is 394 g/mol. The molecule has 0 radical (unpaired) electrons. The van der Waals surface area contributed by atoms with Crippen molar-refractivity contribution in [2.45, 2.75) is 19.4 Å². The Labute approximate surface area is 172 Å². The molecule has 6 heteroatoms. The summed E-state index contributed by atoms with van der Waals surface area (Å²) in [5, 5.41) is 17.4. The first-order chi connectivity index (χ1) is 14.1. The molecule has 1 heterocycles. The van der Waals surface area contributed by atoms with Crippen molar-refractivity contribution >= 4 is 17.5 Å². The lowest BCUT2D eigenvalue weighted by Gasteiger charge is -2.26. The molecular formula is C23H30N4O2. The molecule has 1 aliphatic heterocycles. The third-order valence-electron chi connectivity index (χ3n) is 5.08. The molecule has 0 bridgehead atoms. The highest BCUT2D eigenvalue weighted by atomic mass is 16.5. The van der Waals surface area contributed by atoms with Crippen LogP contribution >= 0.6 is 0 Å². The van der Waals surface area contributed by atoms with Crippen LogP contribution in [0.3, 0.4) is 0 Å². The fourth-order valence-electron chi connectivity index (χ4n) is 3.48. The van der Waals surface area contributed by atoms with E-state index in [4.69, 9.17) is 26.7 Å². The summed E-state index contributed by atoms with van der Waals surface area (Å²) in [4.78, 5) is 2.37. The lowest BCUT2D eigenvalue weighted by atomic mass is 10.00. The predicted molar refractivity (Wildman–Crippen MR) is 118 cm³/mol. The van der Waals surface area contributed by atoms with Gasteiger partial charge in [-0.2, -0.15) is 0 Å². The smallest absolute Gasteiger partial charge is 0.0862 e. The molecule has 1 fully saturated rings. The van der Waals surface area contributed by atoms with E-state index < -0.39 is 0 Å². The summed E-state index contributed by atoms with van der Waals surface area (Å²) in [6.07, 6.45) is 3.28. The van der Waals surface area contributed by atoms with Crippen molar-refractivity contribution in [3.8, 4) is 0 Å². The number of nitrogens with one attached hydrogen (secondary N) is 1. The van der Waals surface area contributed by atoms with E-state index in [0.717, 1.165) is 50.4 Å². The zero-order chi connectivity index (χ0) is 20.6. The van der Waals surface area contributed by atoms with Gasteiger partial charge in [-0.3, -0.25) is 10.3 Å². The van der Waals surface area contributed by atoms with Gasteiger partial charge in [0.05, 0.1) is 24.6 Å². The summed E-state index contributed by atoms with van der Waals surface area (Å²) < 4.78 is 5.41. The number of anilines is 1. The Morgan fingerprint density at radius 2 is 1.93 bits per heavy atom. The molecular weight excluding hydrogens is 364 g/mol. The van der Waals surface area contributed by atoms with Crippen molar-refractivity contribution in [3.63, 3.8) is 0 Å². The van der Waals surface area contributed by atoms with Crippen molar-refractivity contribution in [1.29, 1.82) is 5.41 Å². The Morgan fingerprint density at radius 1 is 1.14 bits per heavy atom.